The summed E-state index contributed by atoms with van der Waals surface area (Å²) in [7, 11) is 1.56. The zero-order chi connectivity index (χ0) is 13.5. The Bertz CT molecular complexity index is 354. The van der Waals surface area contributed by atoms with Gasteiger partial charge in [0.25, 0.3) is 0 Å². The molecule has 1 aromatic rings. The van der Waals surface area contributed by atoms with Crippen LogP contribution in [-0.4, -0.2) is 18.8 Å². The summed E-state index contributed by atoms with van der Waals surface area (Å²) in [6, 6.07) is 3.39. The molecule has 1 rings (SSSR count). The minimum atomic E-state index is -0.117. The fourth-order valence-corrected chi connectivity index (χ4v) is 2.09. The normalized spacial score (nSPS) is 12.3. The number of halogens is 1. The first kappa shape index (κ1) is 15.1. The van der Waals surface area contributed by atoms with Crippen LogP contribution in [0.25, 0.3) is 0 Å². The van der Waals surface area contributed by atoms with Gasteiger partial charge in [-0.2, -0.15) is 0 Å². The van der Waals surface area contributed by atoms with Gasteiger partial charge in [0.2, 0.25) is 0 Å². The van der Waals surface area contributed by atoms with Gasteiger partial charge in [-0.05, 0) is 18.4 Å². The van der Waals surface area contributed by atoms with Gasteiger partial charge in [0.05, 0.1) is 20.3 Å². The molecule has 0 fully saturated rings. The third kappa shape index (κ3) is 4.07. The Morgan fingerprint density at radius 1 is 1.39 bits per heavy atom. The lowest BCUT2D eigenvalue weighted by atomic mass is 10.1. The van der Waals surface area contributed by atoms with Crippen molar-refractivity contribution in [2.24, 2.45) is 5.92 Å². The molecule has 0 heterocycles. The Balaban J connectivity index is 2.85. The maximum absolute atomic E-state index is 9.34. The molecule has 1 atom stereocenters. The van der Waals surface area contributed by atoms with Crippen molar-refractivity contribution in [1.82, 2.24) is 0 Å². The first-order valence-corrected chi connectivity index (χ1v) is 6.60. The molecular formula is C14H21ClO3. The summed E-state index contributed by atoms with van der Waals surface area (Å²) in [6.07, 6.45) is 2.25. The van der Waals surface area contributed by atoms with Crippen LogP contribution >= 0.6 is 11.6 Å². The van der Waals surface area contributed by atoms with E-state index >= 15 is 0 Å². The lowest BCUT2D eigenvalue weighted by molar-refractivity contribution is 0.225. The fourth-order valence-electron chi connectivity index (χ4n) is 1.86. The van der Waals surface area contributed by atoms with E-state index in [1.807, 2.05) is 0 Å². The molecule has 1 N–H and O–H groups in total. The lowest BCUT2D eigenvalue weighted by Gasteiger charge is -2.17. The minimum Gasteiger partial charge on any atom is -0.493 e. The highest BCUT2D eigenvalue weighted by atomic mass is 35.5. The maximum Gasteiger partial charge on any atom is 0.166 e. The fraction of sp³-hybridized carbons (Fsp3) is 0.571. The van der Waals surface area contributed by atoms with E-state index in [4.69, 9.17) is 21.1 Å². The van der Waals surface area contributed by atoms with Gasteiger partial charge in [-0.15, -0.1) is 0 Å². The highest BCUT2D eigenvalue weighted by Crippen LogP contribution is 2.35. The van der Waals surface area contributed by atoms with Crippen LogP contribution < -0.4 is 9.47 Å². The van der Waals surface area contributed by atoms with Crippen LogP contribution in [0.3, 0.4) is 0 Å². The minimum absolute atomic E-state index is 0.117. The summed E-state index contributed by atoms with van der Waals surface area (Å²) in [4.78, 5) is 0. The SMILES string of the molecule is CCCC(C)COc1c(CO)cc(Cl)cc1OC. The van der Waals surface area contributed by atoms with E-state index in [2.05, 4.69) is 13.8 Å². The van der Waals surface area contributed by atoms with Crippen LogP contribution in [-0.2, 0) is 6.61 Å². The molecule has 0 spiro atoms. The van der Waals surface area contributed by atoms with Crippen LogP contribution in [0.2, 0.25) is 5.02 Å². The van der Waals surface area contributed by atoms with Crippen molar-refractivity contribution in [1.29, 1.82) is 0 Å². The molecular weight excluding hydrogens is 252 g/mol. The largest absolute Gasteiger partial charge is 0.493 e. The van der Waals surface area contributed by atoms with E-state index < -0.39 is 0 Å². The first-order valence-electron chi connectivity index (χ1n) is 6.22. The van der Waals surface area contributed by atoms with E-state index in [9.17, 15) is 5.11 Å². The van der Waals surface area contributed by atoms with Crippen molar-refractivity contribution in [2.75, 3.05) is 13.7 Å². The molecule has 1 unspecified atom stereocenters. The molecule has 1 aromatic carbocycles. The predicted molar refractivity (Wildman–Crippen MR) is 73.5 cm³/mol. The van der Waals surface area contributed by atoms with Crippen molar-refractivity contribution in [3.63, 3.8) is 0 Å². The number of hydrogen-bond donors (Lipinski definition) is 1. The topological polar surface area (TPSA) is 38.7 Å². The number of benzene rings is 1. The molecule has 0 aliphatic rings. The standard InChI is InChI=1S/C14H21ClO3/c1-4-5-10(2)9-18-14-11(8-16)6-12(15)7-13(14)17-3/h6-7,10,16H,4-5,8-9H2,1-3H3. The number of aliphatic hydroxyl groups is 1. The zero-order valence-corrected chi connectivity index (χ0v) is 12.0. The van der Waals surface area contributed by atoms with Crippen molar-refractivity contribution in [3.05, 3.63) is 22.7 Å². The molecule has 0 aliphatic carbocycles. The Kier molecular flexibility index (Phi) is 6.30. The molecule has 0 saturated carbocycles. The first-order chi connectivity index (χ1) is 8.62. The molecule has 3 nitrogen and oxygen atoms in total. The van der Waals surface area contributed by atoms with E-state index in [0.717, 1.165) is 12.8 Å². The Labute approximate surface area is 114 Å². The van der Waals surface area contributed by atoms with E-state index in [1.54, 1.807) is 19.2 Å². The van der Waals surface area contributed by atoms with Gasteiger partial charge in [0.1, 0.15) is 0 Å². The van der Waals surface area contributed by atoms with Gasteiger partial charge >= 0.3 is 0 Å². The smallest absolute Gasteiger partial charge is 0.166 e. The van der Waals surface area contributed by atoms with Crippen LogP contribution in [0, 0.1) is 5.92 Å². The average Bonchev–Trinajstić information content (AvgIpc) is 2.36. The summed E-state index contributed by atoms with van der Waals surface area (Å²) < 4.78 is 11.0. The Hall–Kier alpha value is -0.930. The second kappa shape index (κ2) is 7.49. The molecule has 0 aromatic heterocycles. The number of ether oxygens (including phenoxy) is 2. The van der Waals surface area contributed by atoms with Crippen molar-refractivity contribution >= 4 is 11.6 Å². The third-order valence-corrected chi connectivity index (χ3v) is 3.00. The average molecular weight is 273 g/mol. The molecule has 0 bridgehead atoms. The summed E-state index contributed by atoms with van der Waals surface area (Å²) >= 11 is 5.95. The number of methoxy groups -OCH3 is 1. The molecule has 102 valence electrons. The van der Waals surface area contributed by atoms with Crippen LogP contribution in [0.15, 0.2) is 12.1 Å². The number of hydrogen-bond acceptors (Lipinski definition) is 3. The van der Waals surface area contributed by atoms with Crippen molar-refractivity contribution in [2.45, 2.75) is 33.3 Å². The lowest BCUT2D eigenvalue weighted by Crippen LogP contribution is -2.10. The quantitative estimate of drug-likeness (QED) is 0.823. The number of rotatable bonds is 7. The monoisotopic (exact) mass is 272 g/mol. The Morgan fingerprint density at radius 3 is 2.67 bits per heavy atom. The van der Waals surface area contributed by atoms with Crippen molar-refractivity contribution < 1.29 is 14.6 Å². The highest BCUT2D eigenvalue weighted by Gasteiger charge is 2.13. The van der Waals surface area contributed by atoms with Crippen molar-refractivity contribution in [3.8, 4) is 11.5 Å². The van der Waals surface area contributed by atoms with Crippen LogP contribution in [0.5, 0.6) is 11.5 Å². The predicted octanol–water partition coefficient (Wildman–Crippen LogP) is 3.66. The summed E-state index contributed by atoms with van der Waals surface area (Å²) in [6.45, 7) is 4.79. The maximum atomic E-state index is 9.34. The van der Waals surface area contributed by atoms with Gasteiger partial charge in [0.15, 0.2) is 11.5 Å². The second-order valence-electron chi connectivity index (χ2n) is 4.46. The van der Waals surface area contributed by atoms with Crippen LogP contribution in [0.4, 0.5) is 0 Å². The van der Waals surface area contributed by atoms with Gasteiger partial charge in [-0.1, -0.05) is 31.9 Å². The van der Waals surface area contributed by atoms with Gasteiger partial charge in [-0.25, -0.2) is 0 Å². The van der Waals surface area contributed by atoms with Gasteiger partial charge in [-0.3, -0.25) is 0 Å². The van der Waals surface area contributed by atoms with E-state index in [1.165, 1.54) is 0 Å². The molecule has 4 heteroatoms. The molecule has 0 radical (unpaired) electrons. The Morgan fingerprint density at radius 2 is 2.11 bits per heavy atom. The number of aliphatic hydroxyl groups excluding tert-OH is 1. The molecule has 0 amide bonds. The van der Waals surface area contributed by atoms with E-state index in [0.29, 0.717) is 34.6 Å². The van der Waals surface area contributed by atoms with Gasteiger partial charge < -0.3 is 14.6 Å². The zero-order valence-electron chi connectivity index (χ0n) is 11.2. The summed E-state index contributed by atoms with van der Waals surface area (Å²) in [5, 5.41) is 9.87. The third-order valence-electron chi connectivity index (χ3n) is 2.78. The summed E-state index contributed by atoms with van der Waals surface area (Å²) in [5.74, 6) is 1.63. The summed E-state index contributed by atoms with van der Waals surface area (Å²) in [5.41, 5.74) is 0.656. The highest BCUT2D eigenvalue weighted by molar-refractivity contribution is 6.30. The molecule has 18 heavy (non-hydrogen) atoms. The molecule has 0 aliphatic heterocycles. The van der Waals surface area contributed by atoms with Gasteiger partial charge in [0, 0.05) is 16.7 Å². The van der Waals surface area contributed by atoms with E-state index in [-0.39, 0.29) is 6.61 Å². The second-order valence-corrected chi connectivity index (χ2v) is 4.90. The van der Waals surface area contributed by atoms with Crippen LogP contribution in [0.1, 0.15) is 32.3 Å². The molecule has 0 saturated heterocycles.